The number of esters is 1. The molecule has 1 aliphatic heterocycles. The summed E-state index contributed by atoms with van der Waals surface area (Å²) in [7, 11) is 2.17. The Balaban J connectivity index is 2.04. The zero-order valence-electron chi connectivity index (χ0n) is 22.1. The van der Waals surface area contributed by atoms with E-state index in [4.69, 9.17) is 4.74 Å². The third kappa shape index (κ3) is 11.8. The van der Waals surface area contributed by atoms with Crippen LogP contribution >= 0.6 is 0 Å². The van der Waals surface area contributed by atoms with E-state index in [1.165, 1.54) is 38.5 Å². The second kappa shape index (κ2) is 15.1. The van der Waals surface area contributed by atoms with Crippen molar-refractivity contribution in [2.45, 2.75) is 154 Å². The molecule has 0 aromatic heterocycles. The van der Waals surface area contributed by atoms with Crippen molar-refractivity contribution in [3.8, 4) is 0 Å². The van der Waals surface area contributed by atoms with E-state index in [0.29, 0.717) is 6.42 Å². The predicted molar refractivity (Wildman–Crippen MR) is 136 cm³/mol. The molecule has 0 bridgehead atoms. The van der Waals surface area contributed by atoms with Crippen LogP contribution in [0.2, 0.25) is 0 Å². The second-order valence-corrected chi connectivity index (χ2v) is 11.2. The van der Waals surface area contributed by atoms with Crippen LogP contribution in [0.3, 0.4) is 0 Å². The number of ether oxygens (including phenoxy) is 1. The molecule has 1 saturated heterocycles. The summed E-state index contributed by atoms with van der Waals surface area (Å²) in [6.45, 7) is 11.2. The van der Waals surface area contributed by atoms with Crippen LogP contribution in [0.5, 0.6) is 0 Å². The van der Waals surface area contributed by atoms with E-state index >= 15 is 0 Å². The van der Waals surface area contributed by atoms with Crippen molar-refractivity contribution >= 4 is 5.97 Å². The van der Waals surface area contributed by atoms with Gasteiger partial charge in [-0.25, -0.2) is 0 Å². The van der Waals surface area contributed by atoms with Crippen molar-refractivity contribution < 1.29 is 14.6 Å². The molecule has 4 heteroatoms. The average Bonchev–Trinajstić information content (AvgIpc) is 2.70. The second-order valence-electron chi connectivity index (χ2n) is 11.2. The fourth-order valence-corrected chi connectivity index (χ4v) is 4.97. The zero-order valence-corrected chi connectivity index (χ0v) is 22.1. The maximum absolute atomic E-state index is 12.3. The Hall–Kier alpha value is -0.870. The van der Waals surface area contributed by atoms with Crippen LogP contribution < -0.4 is 0 Å². The number of hydrogen-bond acceptors (Lipinski definition) is 4. The SMILES string of the molecule is CCCCCC[C@@H](O)CC=CCCCCCCCC(=O)OC1CC(C)(C)N(C)C(C)(C)C1. The molecular weight excluding hydrogens is 398 g/mol. The Morgan fingerprint density at radius 3 is 2.22 bits per heavy atom. The lowest BCUT2D eigenvalue weighted by atomic mass is 9.79. The molecule has 1 heterocycles. The highest BCUT2D eigenvalue weighted by atomic mass is 16.5. The molecule has 1 fully saturated rings. The van der Waals surface area contributed by atoms with Gasteiger partial charge in [0.2, 0.25) is 0 Å². The van der Waals surface area contributed by atoms with Gasteiger partial charge in [0.15, 0.2) is 0 Å². The highest BCUT2D eigenvalue weighted by molar-refractivity contribution is 5.69. The number of carbonyl (C=O) groups excluding carboxylic acids is 1. The number of carbonyl (C=O) groups is 1. The van der Waals surface area contributed by atoms with E-state index in [9.17, 15) is 9.90 Å². The molecule has 1 atom stereocenters. The number of rotatable bonds is 16. The third-order valence-corrected chi connectivity index (χ3v) is 7.29. The molecule has 4 nitrogen and oxygen atoms in total. The van der Waals surface area contributed by atoms with E-state index in [-0.39, 0.29) is 29.3 Å². The molecule has 1 aliphatic rings. The number of hydrogen-bond donors (Lipinski definition) is 1. The Kier molecular flexibility index (Phi) is 13.8. The van der Waals surface area contributed by atoms with E-state index in [1.54, 1.807) is 0 Å². The van der Waals surface area contributed by atoms with Gasteiger partial charge in [0.25, 0.3) is 0 Å². The van der Waals surface area contributed by atoms with Crippen molar-refractivity contribution in [2.75, 3.05) is 7.05 Å². The van der Waals surface area contributed by atoms with Crippen molar-refractivity contribution in [2.24, 2.45) is 0 Å². The van der Waals surface area contributed by atoms with Gasteiger partial charge in [0.1, 0.15) is 6.10 Å². The van der Waals surface area contributed by atoms with Gasteiger partial charge in [-0.15, -0.1) is 0 Å². The molecule has 0 saturated carbocycles. The molecule has 0 aliphatic carbocycles. The summed E-state index contributed by atoms with van der Waals surface area (Å²) in [5.74, 6) is -0.0256. The quantitative estimate of drug-likeness (QED) is 0.153. The van der Waals surface area contributed by atoms with Gasteiger partial charge in [-0.05, 0) is 66.8 Å². The Morgan fingerprint density at radius 2 is 1.56 bits per heavy atom. The number of likely N-dealkylation sites (tertiary alicyclic amines) is 1. The Labute approximate surface area is 199 Å². The lowest BCUT2D eigenvalue weighted by Gasteiger charge is -2.53. The van der Waals surface area contributed by atoms with Crippen LogP contribution in [0, 0.1) is 0 Å². The van der Waals surface area contributed by atoms with Gasteiger partial charge in [-0.2, -0.15) is 0 Å². The Bertz CT molecular complexity index is 523. The first kappa shape index (κ1) is 29.2. The highest BCUT2D eigenvalue weighted by Gasteiger charge is 2.44. The van der Waals surface area contributed by atoms with Crippen molar-refractivity contribution in [3.63, 3.8) is 0 Å². The summed E-state index contributed by atoms with van der Waals surface area (Å²) in [4.78, 5) is 14.7. The topological polar surface area (TPSA) is 49.8 Å². The highest BCUT2D eigenvalue weighted by Crippen LogP contribution is 2.38. The van der Waals surface area contributed by atoms with Crippen molar-refractivity contribution in [3.05, 3.63) is 12.2 Å². The largest absolute Gasteiger partial charge is 0.462 e. The van der Waals surface area contributed by atoms with Gasteiger partial charge in [-0.3, -0.25) is 9.69 Å². The lowest BCUT2D eigenvalue weighted by Crippen LogP contribution is -2.60. The van der Waals surface area contributed by atoms with Crippen LogP contribution in [0.15, 0.2) is 12.2 Å². The number of aliphatic hydroxyl groups excluding tert-OH is 1. The minimum atomic E-state index is -0.172. The number of aliphatic hydroxyl groups is 1. The minimum absolute atomic E-state index is 0.0256. The van der Waals surface area contributed by atoms with Crippen LogP contribution in [0.1, 0.15) is 131 Å². The van der Waals surface area contributed by atoms with E-state index in [2.05, 4.69) is 58.7 Å². The van der Waals surface area contributed by atoms with Crippen molar-refractivity contribution in [1.82, 2.24) is 4.90 Å². The first-order chi connectivity index (χ1) is 15.1. The molecule has 0 aromatic carbocycles. The normalized spacial score (nSPS) is 20.0. The molecule has 1 rings (SSSR count). The van der Waals surface area contributed by atoms with Gasteiger partial charge >= 0.3 is 5.97 Å². The first-order valence-electron chi connectivity index (χ1n) is 13.3. The van der Waals surface area contributed by atoms with Gasteiger partial charge in [-0.1, -0.05) is 64.0 Å². The van der Waals surface area contributed by atoms with Crippen LogP contribution in [0.4, 0.5) is 0 Å². The maximum atomic E-state index is 12.3. The molecule has 0 unspecified atom stereocenters. The minimum Gasteiger partial charge on any atom is -0.462 e. The monoisotopic (exact) mass is 451 g/mol. The molecular formula is C28H53NO3. The first-order valence-corrected chi connectivity index (χ1v) is 13.3. The van der Waals surface area contributed by atoms with E-state index in [0.717, 1.165) is 51.4 Å². The van der Waals surface area contributed by atoms with Crippen LogP contribution in [-0.2, 0) is 9.53 Å². The molecule has 0 amide bonds. The summed E-state index contributed by atoms with van der Waals surface area (Å²) in [6.07, 6.45) is 19.9. The fraction of sp³-hybridized carbons (Fsp3) is 0.893. The molecule has 0 aromatic rings. The van der Waals surface area contributed by atoms with Crippen LogP contribution in [0.25, 0.3) is 0 Å². The van der Waals surface area contributed by atoms with Gasteiger partial charge in [0, 0.05) is 30.3 Å². The van der Waals surface area contributed by atoms with Crippen molar-refractivity contribution in [1.29, 1.82) is 0 Å². The average molecular weight is 452 g/mol. The van der Waals surface area contributed by atoms with Gasteiger partial charge in [0.05, 0.1) is 6.10 Å². The summed E-state index contributed by atoms with van der Waals surface area (Å²) >= 11 is 0. The lowest BCUT2D eigenvalue weighted by molar-refractivity contribution is -0.159. The predicted octanol–water partition coefficient (Wildman–Crippen LogP) is 7.19. The molecule has 0 radical (unpaired) electrons. The van der Waals surface area contributed by atoms with E-state index in [1.807, 2.05) is 0 Å². The number of allylic oxidation sites excluding steroid dienone is 1. The number of nitrogens with zero attached hydrogens (tertiary/aromatic N) is 1. The summed E-state index contributed by atoms with van der Waals surface area (Å²) in [5.41, 5.74) is 0.0989. The molecule has 1 N–H and O–H groups in total. The smallest absolute Gasteiger partial charge is 0.306 e. The fourth-order valence-electron chi connectivity index (χ4n) is 4.97. The Morgan fingerprint density at radius 1 is 0.969 bits per heavy atom. The maximum Gasteiger partial charge on any atom is 0.306 e. The zero-order chi connectivity index (χ0) is 24.0. The third-order valence-electron chi connectivity index (χ3n) is 7.29. The number of unbranched alkanes of at least 4 members (excludes halogenated alkanes) is 8. The van der Waals surface area contributed by atoms with Crippen LogP contribution in [-0.4, -0.2) is 46.3 Å². The van der Waals surface area contributed by atoms with Gasteiger partial charge < -0.3 is 9.84 Å². The summed E-state index contributed by atoms with van der Waals surface area (Å²) in [5, 5.41) is 9.97. The molecule has 0 spiro atoms. The summed E-state index contributed by atoms with van der Waals surface area (Å²) < 4.78 is 5.84. The van der Waals surface area contributed by atoms with E-state index < -0.39 is 0 Å². The summed E-state index contributed by atoms with van der Waals surface area (Å²) in [6, 6.07) is 0. The number of piperidine rings is 1. The molecule has 32 heavy (non-hydrogen) atoms. The standard InChI is InChI=1S/C28H53NO3/c1-7-8-9-16-19-24(30)20-17-14-12-10-11-13-15-18-21-26(31)32-25-22-27(2,3)29(6)28(4,5)23-25/h14,17,24-25,30H,7-13,15-16,18-23H2,1-6H3/t24-/m1/s1. The molecule has 188 valence electrons.